The summed E-state index contributed by atoms with van der Waals surface area (Å²) in [5, 5.41) is 9.93. The first kappa shape index (κ1) is 39.5. The average Bonchev–Trinajstić information content (AvgIpc) is 2.98. The molecule has 0 amide bonds. The highest BCUT2D eigenvalue weighted by Gasteiger charge is 2.11. The van der Waals surface area contributed by atoms with Crippen LogP contribution >= 0.6 is 0 Å². The van der Waals surface area contributed by atoms with E-state index >= 15 is 0 Å². The number of hydrogen-bond acceptors (Lipinski definition) is 6. The van der Waals surface area contributed by atoms with Crippen molar-refractivity contribution < 1.29 is 29.0 Å². The summed E-state index contributed by atoms with van der Waals surface area (Å²) in [5.74, 6) is -0.481. The van der Waals surface area contributed by atoms with Crippen LogP contribution in [0.3, 0.4) is 0 Å². The Kier molecular flexibility index (Phi) is 29.6. The Morgan fingerprint density at radius 3 is 1.67 bits per heavy atom. The number of carbonyl (C=O) groups excluding carboxylic acids is 3. The van der Waals surface area contributed by atoms with Gasteiger partial charge in [0, 0.05) is 19.3 Å². The summed E-state index contributed by atoms with van der Waals surface area (Å²) in [7, 11) is 0. The van der Waals surface area contributed by atoms with Crippen molar-refractivity contribution in [2.24, 2.45) is 0 Å². The molecule has 0 saturated heterocycles. The molecular weight excluding hydrogens is 528 g/mol. The predicted octanol–water partition coefficient (Wildman–Crippen LogP) is 9.07. The van der Waals surface area contributed by atoms with Crippen LogP contribution in [0.15, 0.2) is 48.6 Å². The van der Waals surface area contributed by atoms with Crippen LogP contribution in [0, 0.1) is 0 Å². The van der Waals surface area contributed by atoms with Gasteiger partial charge in [-0.05, 0) is 44.6 Å². The number of ketones is 1. The lowest BCUT2D eigenvalue weighted by atomic mass is 10.1. The van der Waals surface area contributed by atoms with E-state index < -0.39 is 6.10 Å². The molecule has 0 unspecified atom stereocenters. The van der Waals surface area contributed by atoms with E-state index in [1.54, 1.807) is 6.08 Å². The van der Waals surface area contributed by atoms with Gasteiger partial charge in [-0.1, -0.05) is 127 Å². The average molecular weight is 589 g/mol. The third kappa shape index (κ3) is 30.5. The van der Waals surface area contributed by atoms with Crippen LogP contribution in [0.1, 0.15) is 142 Å². The minimum Gasteiger partial charge on any atom is -0.463 e. The van der Waals surface area contributed by atoms with Crippen LogP contribution in [0.4, 0.5) is 0 Å². The predicted molar refractivity (Wildman–Crippen MR) is 173 cm³/mol. The molecule has 0 aromatic rings. The number of aliphatic hydroxyl groups is 1. The minimum absolute atomic E-state index is 0.147. The van der Waals surface area contributed by atoms with Gasteiger partial charge in [0.15, 0.2) is 5.78 Å². The van der Waals surface area contributed by atoms with Gasteiger partial charge >= 0.3 is 11.9 Å². The zero-order valence-corrected chi connectivity index (χ0v) is 26.7. The maximum absolute atomic E-state index is 11.9. The smallest absolute Gasteiger partial charge is 0.305 e. The Labute approximate surface area is 256 Å². The van der Waals surface area contributed by atoms with Crippen LogP contribution in [0.2, 0.25) is 0 Å². The second-order valence-electron chi connectivity index (χ2n) is 11.0. The largest absolute Gasteiger partial charge is 0.463 e. The number of aliphatic hydroxyl groups excluding tert-OH is 1. The summed E-state index contributed by atoms with van der Waals surface area (Å²) >= 11 is 0. The Morgan fingerprint density at radius 2 is 1.05 bits per heavy atom. The summed E-state index contributed by atoms with van der Waals surface area (Å²) < 4.78 is 10.2. The lowest BCUT2D eigenvalue weighted by Gasteiger charge is -2.12. The van der Waals surface area contributed by atoms with E-state index in [1.807, 2.05) is 24.3 Å². The lowest BCUT2D eigenvalue weighted by molar-refractivity contribution is -0.152. The molecule has 0 saturated carbocycles. The van der Waals surface area contributed by atoms with Gasteiger partial charge in [-0.2, -0.15) is 0 Å². The Balaban J connectivity index is 3.64. The quantitative estimate of drug-likeness (QED) is 0.0308. The molecule has 0 aromatic carbocycles. The third-order valence-electron chi connectivity index (χ3n) is 6.79. The van der Waals surface area contributed by atoms with E-state index in [-0.39, 0.29) is 37.4 Å². The molecule has 0 aliphatic carbocycles. The molecule has 0 radical (unpaired) electrons. The molecule has 240 valence electrons. The molecule has 0 aliphatic heterocycles. The second kappa shape index (κ2) is 31.5. The molecule has 0 heterocycles. The maximum Gasteiger partial charge on any atom is 0.305 e. The minimum atomic E-state index is -0.999. The fourth-order valence-electron chi connectivity index (χ4n) is 4.21. The highest BCUT2D eigenvalue weighted by molar-refractivity contribution is 5.89. The third-order valence-corrected chi connectivity index (χ3v) is 6.79. The Hall–Kier alpha value is -2.47. The van der Waals surface area contributed by atoms with E-state index in [1.165, 1.54) is 44.9 Å². The zero-order chi connectivity index (χ0) is 30.9. The van der Waals surface area contributed by atoms with Crippen LogP contribution in [0.5, 0.6) is 0 Å². The molecule has 1 atom stereocenters. The van der Waals surface area contributed by atoms with Crippen molar-refractivity contribution in [1.29, 1.82) is 0 Å². The van der Waals surface area contributed by atoms with Gasteiger partial charge in [0.25, 0.3) is 0 Å². The molecule has 6 heteroatoms. The molecule has 42 heavy (non-hydrogen) atoms. The molecule has 0 rings (SSSR count). The van der Waals surface area contributed by atoms with Crippen molar-refractivity contribution in [3.05, 3.63) is 48.6 Å². The van der Waals surface area contributed by atoms with Crippen molar-refractivity contribution in [3.63, 3.8) is 0 Å². The molecule has 6 nitrogen and oxygen atoms in total. The monoisotopic (exact) mass is 588 g/mol. The zero-order valence-electron chi connectivity index (χ0n) is 26.7. The van der Waals surface area contributed by atoms with Crippen LogP contribution in [-0.4, -0.2) is 42.1 Å². The molecule has 0 spiro atoms. The number of unbranched alkanes of at least 4 members (excludes halogenated alkanes) is 12. The van der Waals surface area contributed by atoms with E-state index in [9.17, 15) is 19.5 Å². The van der Waals surface area contributed by atoms with E-state index in [2.05, 4.69) is 32.1 Å². The summed E-state index contributed by atoms with van der Waals surface area (Å²) in [6, 6.07) is 0. The number of rotatable bonds is 29. The standard InChI is InChI=1S/C36H60O6/c1-3-5-7-8-9-10-15-18-21-25-29-35(39)41-31-34(38)32-42-36(40)30-26-22-19-16-13-11-12-14-17-20-24-28-33(37)27-23-6-4-2/h11-12,16-17,19-20,24,28,34,38H,3-10,13-15,18,21-23,25-27,29-32H2,1-2H3/b12-11-,19-16-,20-17-,28-24+/t34-/m0/s1. The number of hydrogen-bond donors (Lipinski definition) is 1. The summed E-state index contributed by atoms with van der Waals surface area (Å²) in [4.78, 5) is 35.3. The summed E-state index contributed by atoms with van der Waals surface area (Å²) in [5.41, 5.74) is 0. The molecule has 0 fully saturated rings. The van der Waals surface area contributed by atoms with Gasteiger partial charge < -0.3 is 14.6 Å². The fourth-order valence-corrected chi connectivity index (χ4v) is 4.21. The number of carbonyl (C=O) groups is 3. The summed E-state index contributed by atoms with van der Waals surface area (Å²) in [6.07, 6.45) is 34.3. The van der Waals surface area contributed by atoms with Crippen molar-refractivity contribution in [2.75, 3.05) is 13.2 Å². The number of ether oxygens (including phenoxy) is 2. The van der Waals surface area contributed by atoms with E-state index in [0.29, 0.717) is 19.3 Å². The van der Waals surface area contributed by atoms with Crippen molar-refractivity contribution in [3.8, 4) is 0 Å². The van der Waals surface area contributed by atoms with Crippen molar-refractivity contribution in [1.82, 2.24) is 0 Å². The Morgan fingerprint density at radius 1 is 0.571 bits per heavy atom. The molecule has 0 aliphatic rings. The van der Waals surface area contributed by atoms with Gasteiger partial charge in [-0.15, -0.1) is 0 Å². The molecule has 0 bridgehead atoms. The Bertz CT molecular complexity index is 780. The van der Waals surface area contributed by atoms with Crippen LogP contribution < -0.4 is 0 Å². The van der Waals surface area contributed by atoms with Crippen LogP contribution in [0.25, 0.3) is 0 Å². The van der Waals surface area contributed by atoms with Crippen LogP contribution in [-0.2, 0) is 23.9 Å². The molecular formula is C36H60O6. The normalized spacial score (nSPS) is 12.6. The van der Waals surface area contributed by atoms with E-state index in [4.69, 9.17) is 9.47 Å². The second-order valence-corrected chi connectivity index (χ2v) is 11.0. The van der Waals surface area contributed by atoms with Gasteiger partial charge in [0.2, 0.25) is 0 Å². The number of allylic oxidation sites excluding steroid dienone is 8. The summed E-state index contributed by atoms with van der Waals surface area (Å²) in [6.45, 7) is 4.05. The topological polar surface area (TPSA) is 89.9 Å². The van der Waals surface area contributed by atoms with Gasteiger partial charge in [0.05, 0.1) is 0 Å². The lowest BCUT2D eigenvalue weighted by Crippen LogP contribution is -2.25. The molecule has 1 N–H and O–H groups in total. The first-order valence-corrected chi connectivity index (χ1v) is 16.6. The SMILES string of the molecule is CCCCCCCCCCCCC(=O)OC[C@H](O)COC(=O)CCC/C=C\C/C=C\C/C=C\C=C\C(=O)CCCCC. The number of esters is 2. The highest BCUT2D eigenvalue weighted by atomic mass is 16.6. The first-order valence-electron chi connectivity index (χ1n) is 16.6. The van der Waals surface area contributed by atoms with E-state index in [0.717, 1.165) is 57.8 Å². The van der Waals surface area contributed by atoms with Crippen molar-refractivity contribution in [2.45, 2.75) is 148 Å². The van der Waals surface area contributed by atoms with Gasteiger partial charge in [-0.3, -0.25) is 14.4 Å². The maximum atomic E-state index is 11.9. The van der Waals surface area contributed by atoms with Crippen molar-refractivity contribution >= 4 is 17.7 Å². The molecule has 0 aromatic heterocycles. The van der Waals surface area contributed by atoms with Gasteiger partial charge in [-0.25, -0.2) is 0 Å². The first-order chi connectivity index (χ1) is 20.5. The fraction of sp³-hybridized carbons (Fsp3) is 0.694. The highest BCUT2D eigenvalue weighted by Crippen LogP contribution is 2.11. The van der Waals surface area contributed by atoms with Gasteiger partial charge in [0.1, 0.15) is 19.3 Å².